The molecule has 3 heterocycles. The molecule has 2 aliphatic rings. The van der Waals surface area contributed by atoms with Crippen molar-refractivity contribution in [1.82, 2.24) is 19.6 Å². The highest BCUT2D eigenvalue weighted by Gasteiger charge is 2.38. The maximum absolute atomic E-state index is 12.7. The molecule has 24 heavy (non-hydrogen) atoms. The van der Waals surface area contributed by atoms with Crippen molar-refractivity contribution < 1.29 is 9.53 Å². The molecule has 0 spiro atoms. The molecule has 2 saturated heterocycles. The predicted octanol–water partition coefficient (Wildman–Crippen LogP) is 0.121. The maximum Gasteiger partial charge on any atom is 0.267 e. The standard InChI is InChI=1S/C17H26N4O3/c1-3-14-10-20(11-15(14)19-6-8-24-9-7-19)17(23)12-21-16(22)5-4-13(2)18-21/h4-5,14-15H,3,6-12H2,1-2H3/t14-,15-/m0/s1. The number of aromatic nitrogens is 2. The Labute approximate surface area is 142 Å². The molecule has 0 aromatic carbocycles. The van der Waals surface area contributed by atoms with Crippen LogP contribution in [0, 0.1) is 12.8 Å². The van der Waals surface area contributed by atoms with Crippen LogP contribution in [0.4, 0.5) is 0 Å². The van der Waals surface area contributed by atoms with Crippen molar-refractivity contribution in [2.45, 2.75) is 32.9 Å². The molecule has 2 fully saturated rings. The molecule has 132 valence electrons. The first-order chi connectivity index (χ1) is 11.6. The summed E-state index contributed by atoms with van der Waals surface area (Å²) >= 11 is 0. The molecule has 1 amide bonds. The van der Waals surface area contributed by atoms with Gasteiger partial charge in [-0.05, 0) is 18.9 Å². The molecular weight excluding hydrogens is 308 g/mol. The number of aryl methyl sites for hydroxylation is 1. The number of hydrogen-bond donors (Lipinski definition) is 0. The third-order valence-corrected chi connectivity index (χ3v) is 5.08. The average molecular weight is 334 g/mol. The van der Waals surface area contributed by atoms with E-state index in [2.05, 4.69) is 16.9 Å². The maximum atomic E-state index is 12.7. The summed E-state index contributed by atoms with van der Waals surface area (Å²) in [7, 11) is 0. The number of carbonyl (C=O) groups excluding carboxylic acids is 1. The highest BCUT2D eigenvalue weighted by atomic mass is 16.5. The van der Waals surface area contributed by atoms with Gasteiger partial charge in [0.05, 0.1) is 18.9 Å². The fourth-order valence-corrected chi connectivity index (χ4v) is 3.67. The molecule has 0 saturated carbocycles. The highest BCUT2D eigenvalue weighted by molar-refractivity contribution is 5.76. The minimum Gasteiger partial charge on any atom is -0.379 e. The number of ether oxygens (including phenoxy) is 1. The van der Waals surface area contributed by atoms with E-state index in [1.165, 1.54) is 10.7 Å². The Morgan fingerprint density at radius 3 is 2.75 bits per heavy atom. The van der Waals surface area contributed by atoms with Gasteiger partial charge in [-0.25, -0.2) is 4.68 Å². The van der Waals surface area contributed by atoms with E-state index in [0.717, 1.165) is 51.5 Å². The zero-order valence-electron chi connectivity index (χ0n) is 14.5. The van der Waals surface area contributed by atoms with E-state index in [0.29, 0.717) is 12.0 Å². The summed E-state index contributed by atoms with van der Waals surface area (Å²) in [6.45, 7) is 8.91. The molecule has 0 bridgehead atoms. The molecule has 7 heteroatoms. The van der Waals surface area contributed by atoms with Crippen LogP contribution in [-0.4, -0.2) is 70.9 Å². The predicted molar refractivity (Wildman–Crippen MR) is 89.8 cm³/mol. The van der Waals surface area contributed by atoms with Crippen LogP contribution in [0.15, 0.2) is 16.9 Å². The van der Waals surface area contributed by atoms with E-state index in [1.54, 1.807) is 6.07 Å². The topological polar surface area (TPSA) is 67.7 Å². The summed E-state index contributed by atoms with van der Waals surface area (Å²) in [4.78, 5) is 28.9. The van der Waals surface area contributed by atoms with E-state index in [9.17, 15) is 9.59 Å². The first kappa shape index (κ1) is 17.1. The van der Waals surface area contributed by atoms with E-state index in [1.807, 2.05) is 11.8 Å². The lowest BCUT2D eigenvalue weighted by Crippen LogP contribution is -2.47. The molecule has 7 nitrogen and oxygen atoms in total. The molecule has 3 rings (SSSR count). The van der Waals surface area contributed by atoms with Gasteiger partial charge in [0.2, 0.25) is 5.91 Å². The molecule has 1 aromatic heterocycles. The van der Waals surface area contributed by atoms with Crippen LogP contribution in [0.2, 0.25) is 0 Å². The number of rotatable bonds is 4. The summed E-state index contributed by atoms with van der Waals surface area (Å²) < 4.78 is 6.70. The van der Waals surface area contributed by atoms with E-state index >= 15 is 0 Å². The molecule has 0 radical (unpaired) electrons. The van der Waals surface area contributed by atoms with E-state index < -0.39 is 0 Å². The molecular formula is C17H26N4O3. The molecule has 0 unspecified atom stereocenters. The zero-order chi connectivity index (χ0) is 17.1. The lowest BCUT2D eigenvalue weighted by atomic mass is 9.99. The number of amides is 1. The first-order valence-corrected chi connectivity index (χ1v) is 8.73. The summed E-state index contributed by atoms with van der Waals surface area (Å²) in [5.74, 6) is 0.457. The minimum atomic E-state index is -0.232. The van der Waals surface area contributed by atoms with Crippen molar-refractivity contribution in [3.63, 3.8) is 0 Å². The van der Waals surface area contributed by atoms with Crippen molar-refractivity contribution in [3.05, 3.63) is 28.2 Å². The summed E-state index contributed by atoms with van der Waals surface area (Å²) in [5.41, 5.74) is 0.506. The Bertz CT molecular complexity index is 639. The summed E-state index contributed by atoms with van der Waals surface area (Å²) in [5, 5.41) is 4.16. The monoisotopic (exact) mass is 334 g/mol. The van der Waals surface area contributed by atoms with Gasteiger partial charge in [-0.15, -0.1) is 0 Å². The molecule has 1 aromatic rings. The van der Waals surface area contributed by atoms with E-state index in [-0.39, 0.29) is 18.0 Å². The second kappa shape index (κ2) is 7.44. The number of hydrogen-bond acceptors (Lipinski definition) is 5. The third kappa shape index (κ3) is 3.67. The normalized spacial score (nSPS) is 25.2. The fraction of sp³-hybridized carbons (Fsp3) is 0.706. The average Bonchev–Trinajstić information content (AvgIpc) is 3.03. The van der Waals surface area contributed by atoms with Crippen LogP contribution < -0.4 is 5.56 Å². The van der Waals surface area contributed by atoms with Gasteiger partial charge in [-0.2, -0.15) is 5.10 Å². The first-order valence-electron chi connectivity index (χ1n) is 8.73. The summed E-state index contributed by atoms with van der Waals surface area (Å²) in [6.07, 6.45) is 1.05. The highest BCUT2D eigenvalue weighted by Crippen LogP contribution is 2.25. The van der Waals surface area contributed by atoms with Gasteiger partial charge in [-0.1, -0.05) is 13.3 Å². The summed E-state index contributed by atoms with van der Waals surface area (Å²) in [6, 6.07) is 3.52. The number of morpholine rings is 1. The Kier molecular flexibility index (Phi) is 5.30. The smallest absolute Gasteiger partial charge is 0.267 e. The quantitative estimate of drug-likeness (QED) is 0.782. The Morgan fingerprint density at radius 1 is 1.29 bits per heavy atom. The van der Waals surface area contributed by atoms with Gasteiger partial charge in [0, 0.05) is 38.3 Å². The number of carbonyl (C=O) groups is 1. The fourth-order valence-electron chi connectivity index (χ4n) is 3.67. The molecule has 2 aliphatic heterocycles. The Hall–Kier alpha value is -1.73. The van der Waals surface area contributed by atoms with Crippen molar-refractivity contribution in [2.24, 2.45) is 5.92 Å². The molecule has 0 aliphatic carbocycles. The van der Waals surface area contributed by atoms with Crippen molar-refractivity contribution in [2.75, 3.05) is 39.4 Å². The van der Waals surface area contributed by atoms with Crippen molar-refractivity contribution in [1.29, 1.82) is 0 Å². The van der Waals surface area contributed by atoms with Crippen LogP contribution in [0.1, 0.15) is 19.0 Å². The van der Waals surface area contributed by atoms with Gasteiger partial charge in [0.15, 0.2) is 0 Å². The van der Waals surface area contributed by atoms with Crippen LogP contribution in [-0.2, 0) is 16.1 Å². The van der Waals surface area contributed by atoms with Crippen molar-refractivity contribution >= 4 is 5.91 Å². The van der Waals surface area contributed by atoms with Crippen LogP contribution >= 0.6 is 0 Å². The molecule has 0 N–H and O–H groups in total. The second-order valence-electron chi connectivity index (χ2n) is 6.65. The number of nitrogens with zero attached hydrogens (tertiary/aromatic N) is 4. The molecule has 2 atom stereocenters. The Morgan fingerprint density at radius 2 is 2.04 bits per heavy atom. The SMILES string of the molecule is CC[C@H]1CN(C(=O)Cn2nc(C)ccc2=O)C[C@@H]1N1CCOCC1. The van der Waals surface area contributed by atoms with Gasteiger partial charge in [0.25, 0.3) is 5.56 Å². The van der Waals surface area contributed by atoms with E-state index in [4.69, 9.17) is 4.74 Å². The number of likely N-dealkylation sites (tertiary alicyclic amines) is 1. The van der Waals surface area contributed by atoms with Gasteiger partial charge >= 0.3 is 0 Å². The second-order valence-corrected chi connectivity index (χ2v) is 6.65. The lowest BCUT2D eigenvalue weighted by Gasteiger charge is -2.34. The lowest BCUT2D eigenvalue weighted by molar-refractivity contribution is -0.131. The third-order valence-electron chi connectivity index (χ3n) is 5.08. The Balaban J connectivity index is 1.67. The minimum absolute atomic E-state index is 0.0206. The van der Waals surface area contributed by atoms with Gasteiger partial charge < -0.3 is 9.64 Å². The van der Waals surface area contributed by atoms with Crippen LogP contribution in [0.3, 0.4) is 0 Å². The van der Waals surface area contributed by atoms with Crippen LogP contribution in [0.5, 0.6) is 0 Å². The largest absolute Gasteiger partial charge is 0.379 e. The van der Waals surface area contributed by atoms with Gasteiger partial charge in [0.1, 0.15) is 6.54 Å². The van der Waals surface area contributed by atoms with Crippen LogP contribution in [0.25, 0.3) is 0 Å². The van der Waals surface area contributed by atoms with Gasteiger partial charge in [-0.3, -0.25) is 14.5 Å². The zero-order valence-corrected chi connectivity index (χ0v) is 14.5. The van der Waals surface area contributed by atoms with Crippen molar-refractivity contribution in [3.8, 4) is 0 Å².